The van der Waals surface area contributed by atoms with Crippen LogP contribution in [-0.4, -0.2) is 46.9 Å². The standard InChI is InChI=1S/C50H91NO5/c1-4-7-10-13-16-19-22-24-27-29-32-35-38-41-46(56-50(55)43-40-37-34-31-28-25-23-20-17-14-11-8-5-2)44-49(54)51-47(45-52)48(53)42-39-36-33-30-26-21-18-15-12-9-6-3/h8,11,14,17,19-20,22-23,46-48,52-53H,4-7,9-10,12-13,15-16,18,21,24-45H2,1-3H3,(H,51,54)/b11-8+,17-14+,22-19-,23-20-. The minimum Gasteiger partial charge on any atom is -0.462 e. The molecule has 0 spiro atoms. The van der Waals surface area contributed by atoms with Crippen LogP contribution in [0.4, 0.5) is 0 Å². The van der Waals surface area contributed by atoms with Crippen LogP contribution in [0.5, 0.6) is 0 Å². The summed E-state index contributed by atoms with van der Waals surface area (Å²) < 4.78 is 5.90. The maximum atomic E-state index is 13.1. The van der Waals surface area contributed by atoms with Gasteiger partial charge in [0.2, 0.25) is 5.91 Å². The molecule has 1 amide bonds. The molecular weight excluding hydrogens is 695 g/mol. The van der Waals surface area contributed by atoms with Crippen LogP contribution in [-0.2, 0) is 14.3 Å². The highest BCUT2D eigenvalue weighted by Crippen LogP contribution is 2.17. The molecule has 0 heterocycles. The Morgan fingerprint density at radius 2 is 0.982 bits per heavy atom. The summed E-state index contributed by atoms with van der Waals surface area (Å²) in [6.07, 6.45) is 51.6. The first kappa shape index (κ1) is 53.8. The number of nitrogens with one attached hydrogen (secondary N) is 1. The lowest BCUT2D eigenvalue weighted by molar-refractivity contribution is -0.151. The number of aliphatic hydroxyl groups excluding tert-OH is 2. The second kappa shape index (κ2) is 43.9. The number of hydrogen-bond acceptors (Lipinski definition) is 5. The van der Waals surface area contributed by atoms with Gasteiger partial charge >= 0.3 is 5.97 Å². The third-order valence-electron chi connectivity index (χ3n) is 10.7. The van der Waals surface area contributed by atoms with E-state index in [9.17, 15) is 19.8 Å². The summed E-state index contributed by atoms with van der Waals surface area (Å²) in [5, 5.41) is 23.7. The Labute approximate surface area is 346 Å². The molecule has 3 N–H and O–H groups in total. The van der Waals surface area contributed by atoms with Gasteiger partial charge in [0.25, 0.3) is 0 Å². The fourth-order valence-corrected chi connectivity index (χ4v) is 7.07. The maximum Gasteiger partial charge on any atom is 0.306 e. The van der Waals surface area contributed by atoms with Crippen LogP contribution in [0.15, 0.2) is 48.6 Å². The van der Waals surface area contributed by atoms with Crippen LogP contribution < -0.4 is 5.32 Å². The Hall–Kier alpha value is -2.18. The number of unbranched alkanes of at least 4 members (excludes halogenated alkanes) is 24. The van der Waals surface area contributed by atoms with Crippen molar-refractivity contribution >= 4 is 11.9 Å². The molecule has 0 saturated heterocycles. The molecule has 6 nitrogen and oxygen atoms in total. The smallest absolute Gasteiger partial charge is 0.306 e. The zero-order valence-corrected chi connectivity index (χ0v) is 37.0. The van der Waals surface area contributed by atoms with Gasteiger partial charge in [-0.15, -0.1) is 0 Å². The van der Waals surface area contributed by atoms with E-state index in [-0.39, 0.29) is 24.9 Å². The molecule has 6 heteroatoms. The van der Waals surface area contributed by atoms with Gasteiger partial charge in [0.05, 0.1) is 25.2 Å². The van der Waals surface area contributed by atoms with Crippen molar-refractivity contribution in [1.29, 1.82) is 0 Å². The molecule has 3 unspecified atom stereocenters. The average molecular weight is 786 g/mol. The molecule has 326 valence electrons. The molecule has 0 aliphatic carbocycles. The Morgan fingerprint density at radius 3 is 1.52 bits per heavy atom. The fourth-order valence-electron chi connectivity index (χ4n) is 7.07. The van der Waals surface area contributed by atoms with Crippen molar-refractivity contribution in [1.82, 2.24) is 5.32 Å². The van der Waals surface area contributed by atoms with E-state index in [0.29, 0.717) is 19.3 Å². The molecular formula is C50H91NO5. The van der Waals surface area contributed by atoms with Gasteiger partial charge in [-0.2, -0.15) is 0 Å². The van der Waals surface area contributed by atoms with Crippen LogP contribution in [0.1, 0.15) is 233 Å². The first-order valence-corrected chi connectivity index (χ1v) is 23.9. The van der Waals surface area contributed by atoms with Crippen molar-refractivity contribution in [3.8, 4) is 0 Å². The van der Waals surface area contributed by atoms with Crippen molar-refractivity contribution in [2.24, 2.45) is 0 Å². The molecule has 3 atom stereocenters. The van der Waals surface area contributed by atoms with Crippen LogP contribution >= 0.6 is 0 Å². The van der Waals surface area contributed by atoms with Crippen LogP contribution in [0.25, 0.3) is 0 Å². The average Bonchev–Trinajstić information content (AvgIpc) is 3.19. The van der Waals surface area contributed by atoms with E-state index in [1.54, 1.807) is 0 Å². The zero-order chi connectivity index (χ0) is 41.0. The minimum atomic E-state index is -0.791. The summed E-state index contributed by atoms with van der Waals surface area (Å²) in [6, 6.07) is -0.706. The number of hydrogen-bond donors (Lipinski definition) is 3. The van der Waals surface area contributed by atoms with Gasteiger partial charge in [-0.3, -0.25) is 9.59 Å². The number of allylic oxidation sites excluding steroid dienone is 8. The van der Waals surface area contributed by atoms with Crippen LogP contribution in [0.3, 0.4) is 0 Å². The van der Waals surface area contributed by atoms with Gasteiger partial charge in [0.15, 0.2) is 0 Å². The van der Waals surface area contributed by atoms with E-state index in [1.165, 1.54) is 96.3 Å². The van der Waals surface area contributed by atoms with Crippen LogP contribution in [0.2, 0.25) is 0 Å². The number of rotatable bonds is 42. The highest BCUT2D eigenvalue weighted by atomic mass is 16.5. The third-order valence-corrected chi connectivity index (χ3v) is 10.7. The van der Waals surface area contributed by atoms with Crippen LogP contribution in [0, 0.1) is 0 Å². The predicted molar refractivity (Wildman–Crippen MR) is 241 cm³/mol. The Balaban J connectivity index is 4.64. The van der Waals surface area contributed by atoms with Gasteiger partial charge in [-0.05, 0) is 70.6 Å². The quantitative estimate of drug-likeness (QED) is 0.0248. The molecule has 56 heavy (non-hydrogen) atoms. The molecule has 0 aromatic heterocycles. The number of esters is 1. The first-order valence-electron chi connectivity index (χ1n) is 23.9. The van der Waals surface area contributed by atoms with Crippen molar-refractivity contribution in [2.75, 3.05) is 6.61 Å². The molecule has 0 aliphatic heterocycles. The third kappa shape index (κ3) is 38.7. The summed E-state index contributed by atoms with van der Waals surface area (Å²) in [5.74, 6) is -0.505. The van der Waals surface area contributed by atoms with E-state index >= 15 is 0 Å². The molecule has 0 aromatic rings. The van der Waals surface area contributed by atoms with Gasteiger partial charge in [0.1, 0.15) is 6.10 Å². The summed E-state index contributed by atoms with van der Waals surface area (Å²) in [5.41, 5.74) is 0. The molecule has 0 radical (unpaired) electrons. The fraction of sp³-hybridized carbons (Fsp3) is 0.800. The highest BCUT2D eigenvalue weighted by molar-refractivity contribution is 5.77. The lowest BCUT2D eigenvalue weighted by atomic mass is 10.0. The normalized spacial score (nSPS) is 13.7. The number of aliphatic hydroxyl groups is 2. The zero-order valence-electron chi connectivity index (χ0n) is 37.0. The summed E-state index contributed by atoms with van der Waals surface area (Å²) in [7, 11) is 0. The van der Waals surface area contributed by atoms with E-state index in [2.05, 4.69) is 74.7 Å². The summed E-state index contributed by atoms with van der Waals surface area (Å²) in [6.45, 7) is 6.32. The van der Waals surface area contributed by atoms with Crippen molar-refractivity contribution < 1.29 is 24.5 Å². The lowest BCUT2D eigenvalue weighted by Crippen LogP contribution is -2.46. The van der Waals surface area contributed by atoms with Crippen molar-refractivity contribution in [3.05, 3.63) is 48.6 Å². The Kier molecular flexibility index (Phi) is 42.2. The molecule has 0 rings (SSSR count). The second-order valence-electron chi connectivity index (χ2n) is 16.2. The minimum absolute atomic E-state index is 0.0635. The lowest BCUT2D eigenvalue weighted by Gasteiger charge is -2.24. The monoisotopic (exact) mass is 786 g/mol. The van der Waals surface area contributed by atoms with E-state index in [0.717, 1.165) is 89.9 Å². The van der Waals surface area contributed by atoms with Gasteiger partial charge in [-0.25, -0.2) is 0 Å². The van der Waals surface area contributed by atoms with E-state index in [4.69, 9.17) is 4.74 Å². The predicted octanol–water partition coefficient (Wildman–Crippen LogP) is 13.9. The number of carbonyl (C=O) groups is 2. The van der Waals surface area contributed by atoms with Gasteiger partial charge in [-0.1, -0.05) is 198 Å². The molecule has 0 fully saturated rings. The highest BCUT2D eigenvalue weighted by Gasteiger charge is 2.24. The summed E-state index contributed by atoms with van der Waals surface area (Å²) >= 11 is 0. The van der Waals surface area contributed by atoms with E-state index < -0.39 is 18.2 Å². The molecule has 0 bridgehead atoms. The number of amides is 1. The Bertz CT molecular complexity index is 972. The first-order chi connectivity index (χ1) is 27.5. The second-order valence-corrected chi connectivity index (χ2v) is 16.2. The Morgan fingerprint density at radius 1 is 0.536 bits per heavy atom. The number of carbonyl (C=O) groups excluding carboxylic acids is 2. The SMILES string of the molecule is CC/C=C/C=C/C=C\CCCCCCCC(=O)OC(CCCCCCC/C=C\CCCCCC)CC(=O)NC(CO)C(O)CCCCCCCCCCCCC. The molecule has 0 aromatic carbocycles. The van der Waals surface area contributed by atoms with Gasteiger partial charge in [0, 0.05) is 6.42 Å². The summed E-state index contributed by atoms with van der Waals surface area (Å²) in [4.78, 5) is 26.0. The topological polar surface area (TPSA) is 95.9 Å². The molecule has 0 saturated carbocycles. The van der Waals surface area contributed by atoms with Gasteiger partial charge < -0.3 is 20.3 Å². The van der Waals surface area contributed by atoms with Crippen molar-refractivity contribution in [2.45, 2.75) is 251 Å². The van der Waals surface area contributed by atoms with E-state index in [1.807, 2.05) is 0 Å². The van der Waals surface area contributed by atoms with Crippen molar-refractivity contribution in [3.63, 3.8) is 0 Å². The maximum absolute atomic E-state index is 13.1. The largest absolute Gasteiger partial charge is 0.462 e. The number of ether oxygens (including phenoxy) is 1. The molecule has 0 aliphatic rings.